The van der Waals surface area contributed by atoms with Gasteiger partial charge in [0, 0.05) is 21.5 Å². The summed E-state index contributed by atoms with van der Waals surface area (Å²) in [5, 5.41) is 8.23. The van der Waals surface area contributed by atoms with Crippen molar-refractivity contribution in [2.24, 2.45) is 0 Å². The number of hydrogen-bond acceptors (Lipinski definition) is 3. The summed E-state index contributed by atoms with van der Waals surface area (Å²) in [6.45, 7) is 0. The summed E-state index contributed by atoms with van der Waals surface area (Å²) in [4.78, 5) is 10.2. The van der Waals surface area contributed by atoms with Crippen LogP contribution in [-0.4, -0.2) is 14.4 Å². The van der Waals surface area contributed by atoms with Crippen LogP contribution >= 0.6 is 0 Å². The van der Waals surface area contributed by atoms with Crippen LogP contribution in [0.15, 0.2) is 120 Å². The van der Waals surface area contributed by atoms with E-state index in [4.69, 9.17) is 14.4 Å². The molecule has 0 N–H and O–H groups in total. The van der Waals surface area contributed by atoms with Crippen molar-refractivity contribution in [1.29, 1.82) is 0 Å². The fourth-order valence-corrected chi connectivity index (χ4v) is 6.69. The fourth-order valence-electron chi connectivity index (χ4n) is 6.69. The van der Waals surface area contributed by atoms with E-state index in [2.05, 4.69) is 95.4 Å². The average molecular weight is 510 g/mol. The third-order valence-corrected chi connectivity index (χ3v) is 8.49. The van der Waals surface area contributed by atoms with Gasteiger partial charge >= 0.3 is 0 Å². The lowest BCUT2D eigenvalue weighted by Gasteiger charge is -2.04. The highest BCUT2D eigenvalue weighted by molar-refractivity contribution is 6.29. The molecule has 0 unspecified atom stereocenters. The van der Waals surface area contributed by atoms with Crippen LogP contribution in [0.1, 0.15) is 0 Å². The first-order valence-corrected chi connectivity index (χ1v) is 13.5. The van der Waals surface area contributed by atoms with Crippen molar-refractivity contribution >= 4 is 82.1 Å². The third-order valence-electron chi connectivity index (χ3n) is 8.49. The van der Waals surface area contributed by atoms with Gasteiger partial charge in [-0.05, 0) is 64.4 Å². The predicted octanol–water partition coefficient (Wildman–Crippen LogP) is 9.50. The largest absolute Gasteiger partial charge is 0.456 e. The van der Waals surface area contributed by atoms with Gasteiger partial charge in [0.2, 0.25) is 0 Å². The molecule has 10 aromatic rings. The molecule has 0 aliphatic heterocycles. The number of benzene rings is 6. The van der Waals surface area contributed by atoms with E-state index in [1.54, 1.807) is 0 Å². The molecule has 0 spiro atoms. The van der Waals surface area contributed by atoms with E-state index in [1.165, 1.54) is 27.1 Å². The molecule has 0 aliphatic carbocycles. The highest BCUT2D eigenvalue weighted by Crippen LogP contribution is 2.44. The molecule has 4 nitrogen and oxygen atoms in total. The van der Waals surface area contributed by atoms with Crippen LogP contribution < -0.4 is 0 Å². The molecule has 0 fully saturated rings. The summed E-state index contributed by atoms with van der Waals surface area (Å²) < 4.78 is 8.84. The lowest BCUT2D eigenvalue weighted by molar-refractivity contribution is 0.669. The first-order valence-electron chi connectivity index (χ1n) is 13.5. The molecule has 0 aliphatic rings. The Morgan fingerprint density at radius 1 is 0.500 bits per heavy atom. The molecule has 0 bridgehead atoms. The Balaban J connectivity index is 1.32. The Labute approximate surface area is 227 Å². The number of nitrogens with zero attached hydrogens (tertiary/aromatic N) is 3. The maximum Gasteiger partial charge on any atom is 0.165 e. The minimum atomic E-state index is 0.876. The maximum atomic E-state index is 6.53. The smallest absolute Gasteiger partial charge is 0.165 e. The Bertz CT molecular complexity index is 2660. The molecule has 4 aromatic heterocycles. The number of furan rings is 1. The average Bonchev–Trinajstić information content (AvgIpc) is 3.65. The fraction of sp³-hybridized carbons (Fsp3) is 0. The van der Waals surface area contributed by atoms with E-state index in [1.807, 2.05) is 24.3 Å². The van der Waals surface area contributed by atoms with Crippen molar-refractivity contribution in [3.63, 3.8) is 0 Å². The van der Waals surface area contributed by atoms with Crippen molar-refractivity contribution in [1.82, 2.24) is 14.4 Å². The minimum absolute atomic E-state index is 0.876. The van der Waals surface area contributed by atoms with E-state index in [9.17, 15) is 0 Å². The molecule has 0 atom stereocenters. The summed E-state index contributed by atoms with van der Waals surface area (Å²) in [5.74, 6) is 0. The van der Waals surface area contributed by atoms with Crippen molar-refractivity contribution < 1.29 is 4.42 Å². The molecule has 10 rings (SSSR count). The lowest BCUT2D eigenvalue weighted by Crippen LogP contribution is -1.89. The third kappa shape index (κ3) is 2.51. The minimum Gasteiger partial charge on any atom is -0.456 e. The van der Waals surface area contributed by atoms with E-state index >= 15 is 0 Å². The first-order chi connectivity index (χ1) is 19.8. The van der Waals surface area contributed by atoms with Crippen LogP contribution in [0.3, 0.4) is 0 Å². The van der Waals surface area contributed by atoms with E-state index in [-0.39, 0.29) is 0 Å². The number of fused-ring (bicyclic) bond motifs is 12. The van der Waals surface area contributed by atoms with Gasteiger partial charge in [-0.1, -0.05) is 72.8 Å². The summed E-state index contributed by atoms with van der Waals surface area (Å²) in [5.41, 5.74) is 10.00. The first kappa shape index (κ1) is 20.5. The van der Waals surface area contributed by atoms with Gasteiger partial charge in [0.1, 0.15) is 16.7 Å². The molecule has 0 amide bonds. The van der Waals surface area contributed by atoms with Crippen LogP contribution in [-0.2, 0) is 0 Å². The van der Waals surface area contributed by atoms with Gasteiger partial charge in [-0.3, -0.25) is 4.40 Å². The molecular weight excluding hydrogens is 490 g/mol. The number of aromatic nitrogens is 3. The monoisotopic (exact) mass is 509 g/mol. The Kier molecular flexibility index (Phi) is 3.65. The predicted molar refractivity (Wildman–Crippen MR) is 164 cm³/mol. The zero-order valence-electron chi connectivity index (χ0n) is 21.2. The molecule has 0 saturated carbocycles. The van der Waals surface area contributed by atoms with Gasteiger partial charge in [0.15, 0.2) is 5.65 Å². The SMILES string of the molecule is c1ccc2cc(-c3ccc4c(c3)oc3ccc5c6cccc7c8nc9ccccc9nc8n(c67)c5c34)ccc2c1. The summed E-state index contributed by atoms with van der Waals surface area (Å²) in [7, 11) is 0. The van der Waals surface area contributed by atoms with Crippen LogP contribution in [0.4, 0.5) is 0 Å². The maximum absolute atomic E-state index is 6.53. The Morgan fingerprint density at radius 2 is 1.23 bits per heavy atom. The standard InChI is InChI=1S/C36H19N3O/c1-2-7-21-18-22(13-12-20(21)6-1)23-14-15-26-31(19-23)40-30-17-16-25-24-8-5-9-27-33-36(39(34(24)27)35(25)32(26)30)38-29-11-4-3-10-28(29)37-33/h1-19H. The van der Waals surface area contributed by atoms with Crippen molar-refractivity contribution in [3.8, 4) is 11.1 Å². The summed E-state index contributed by atoms with van der Waals surface area (Å²) in [6, 6.07) is 40.6. The molecule has 40 heavy (non-hydrogen) atoms. The lowest BCUT2D eigenvalue weighted by atomic mass is 10.00. The second-order valence-electron chi connectivity index (χ2n) is 10.6. The van der Waals surface area contributed by atoms with E-state index in [0.29, 0.717) is 0 Å². The van der Waals surface area contributed by atoms with Crippen LogP contribution in [0, 0.1) is 0 Å². The zero-order chi connectivity index (χ0) is 25.9. The van der Waals surface area contributed by atoms with Gasteiger partial charge in [-0.2, -0.15) is 0 Å². The van der Waals surface area contributed by atoms with Gasteiger partial charge in [0.25, 0.3) is 0 Å². The topological polar surface area (TPSA) is 43.3 Å². The van der Waals surface area contributed by atoms with E-state index < -0.39 is 0 Å². The molecule has 4 heteroatoms. The normalized spacial score (nSPS) is 12.5. The van der Waals surface area contributed by atoms with Crippen LogP contribution in [0.2, 0.25) is 0 Å². The second-order valence-corrected chi connectivity index (χ2v) is 10.6. The van der Waals surface area contributed by atoms with Crippen molar-refractivity contribution in [3.05, 3.63) is 115 Å². The van der Waals surface area contributed by atoms with Crippen molar-refractivity contribution in [2.75, 3.05) is 0 Å². The summed E-state index contributed by atoms with van der Waals surface area (Å²) >= 11 is 0. The van der Waals surface area contributed by atoms with Gasteiger partial charge in [0.05, 0.1) is 27.5 Å². The second kappa shape index (κ2) is 7.13. The quantitative estimate of drug-likeness (QED) is 0.221. The molecule has 6 aromatic carbocycles. The molecule has 0 radical (unpaired) electrons. The molecule has 4 heterocycles. The van der Waals surface area contributed by atoms with Gasteiger partial charge < -0.3 is 4.42 Å². The number of para-hydroxylation sites is 3. The molecule has 184 valence electrons. The van der Waals surface area contributed by atoms with Crippen LogP contribution in [0.5, 0.6) is 0 Å². The highest BCUT2D eigenvalue weighted by atomic mass is 16.3. The van der Waals surface area contributed by atoms with Gasteiger partial charge in [-0.25, -0.2) is 9.97 Å². The number of rotatable bonds is 1. The molecule has 0 saturated heterocycles. The highest BCUT2D eigenvalue weighted by Gasteiger charge is 2.23. The zero-order valence-corrected chi connectivity index (χ0v) is 21.2. The van der Waals surface area contributed by atoms with Crippen molar-refractivity contribution in [2.45, 2.75) is 0 Å². The Morgan fingerprint density at radius 3 is 2.15 bits per heavy atom. The van der Waals surface area contributed by atoms with Gasteiger partial charge in [-0.15, -0.1) is 0 Å². The molecular formula is C36H19N3O. The summed E-state index contributed by atoms with van der Waals surface area (Å²) in [6.07, 6.45) is 0. The Hall–Kier alpha value is -5.48. The number of hydrogen-bond donors (Lipinski definition) is 0. The van der Waals surface area contributed by atoms with Crippen LogP contribution in [0.25, 0.3) is 93.2 Å². The van der Waals surface area contributed by atoms with E-state index in [0.717, 1.165) is 66.1 Å².